The smallest absolute Gasteiger partial charge is 0.251 e. The number of methoxy groups -OCH3 is 1. The molecule has 0 aliphatic heterocycles. The maximum absolute atomic E-state index is 11.6. The minimum absolute atomic E-state index is 0.0883. The lowest BCUT2D eigenvalue weighted by molar-refractivity contribution is 0.0963. The molecule has 0 aliphatic rings. The molecule has 3 aromatic rings. The fourth-order valence-electron chi connectivity index (χ4n) is 2.21. The molecule has 116 valence electrons. The summed E-state index contributed by atoms with van der Waals surface area (Å²) in [6.07, 6.45) is 0. The molecule has 3 rings (SSSR count). The fourth-order valence-corrected chi connectivity index (χ4v) is 3.04. The Hall–Kier alpha value is -2.66. The molecule has 0 fully saturated rings. The summed E-state index contributed by atoms with van der Waals surface area (Å²) in [5.74, 6) is 0.739. The highest BCUT2D eigenvalue weighted by molar-refractivity contribution is 7.13. The maximum atomic E-state index is 11.6. The van der Waals surface area contributed by atoms with Gasteiger partial charge >= 0.3 is 0 Å². The van der Waals surface area contributed by atoms with E-state index in [2.05, 4.69) is 10.3 Å². The van der Waals surface area contributed by atoms with Crippen LogP contribution in [0, 0.1) is 0 Å². The van der Waals surface area contributed by atoms with Crippen molar-refractivity contribution in [3.05, 3.63) is 59.5 Å². The van der Waals surface area contributed by atoms with Crippen LogP contribution in [0.25, 0.3) is 21.8 Å². The van der Waals surface area contributed by atoms with E-state index < -0.39 is 0 Å². The number of benzene rings is 2. The Morgan fingerprint density at radius 2 is 1.70 bits per heavy atom. The van der Waals surface area contributed by atoms with Gasteiger partial charge < -0.3 is 10.1 Å². The van der Waals surface area contributed by atoms with Crippen molar-refractivity contribution in [2.75, 3.05) is 14.2 Å². The second-order valence-electron chi connectivity index (χ2n) is 4.92. The molecule has 1 aromatic heterocycles. The van der Waals surface area contributed by atoms with E-state index in [0.29, 0.717) is 5.56 Å². The number of thiazole rings is 1. The third kappa shape index (κ3) is 3.24. The Bertz CT molecular complexity index is 808. The lowest BCUT2D eigenvalue weighted by Crippen LogP contribution is -2.17. The quantitative estimate of drug-likeness (QED) is 0.793. The van der Waals surface area contributed by atoms with Crippen LogP contribution in [0.15, 0.2) is 53.9 Å². The summed E-state index contributed by atoms with van der Waals surface area (Å²) in [6.45, 7) is 0. The van der Waals surface area contributed by atoms with Gasteiger partial charge in [0.2, 0.25) is 0 Å². The molecule has 1 amide bonds. The number of carbonyl (C=O) groups is 1. The summed E-state index contributed by atoms with van der Waals surface area (Å²) < 4.78 is 5.17. The average Bonchev–Trinajstić information content (AvgIpc) is 3.11. The lowest BCUT2D eigenvalue weighted by Gasteiger charge is -2.01. The number of nitrogens with one attached hydrogen (secondary N) is 1. The van der Waals surface area contributed by atoms with E-state index in [0.717, 1.165) is 27.6 Å². The molecule has 1 N–H and O–H groups in total. The standard InChI is InChI=1S/C18H16N2O2S/c1-19-17(21)13-3-5-14(6-4-13)18-20-16(11-23-18)12-7-9-15(22-2)10-8-12/h3-11H,1-2H3,(H,19,21). The van der Waals surface area contributed by atoms with Crippen LogP contribution < -0.4 is 10.1 Å². The van der Waals surface area contributed by atoms with E-state index in [9.17, 15) is 4.79 Å². The largest absolute Gasteiger partial charge is 0.497 e. The molecule has 1 heterocycles. The lowest BCUT2D eigenvalue weighted by atomic mass is 10.1. The summed E-state index contributed by atoms with van der Waals surface area (Å²) in [4.78, 5) is 16.2. The van der Waals surface area contributed by atoms with E-state index in [4.69, 9.17) is 4.74 Å². The van der Waals surface area contributed by atoms with Crippen LogP contribution in [-0.4, -0.2) is 25.0 Å². The summed E-state index contributed by atoms with van der Waals surface area (Å²) in [7, 11) is 3.27. The molecule has 23 heavy (non-hydrogen) atoms. The minimum Gasteiger partial charge on any atom is -0.497 e. The molecular weight excluding hydrogens is 308 g/mol. The van der Waals surface area contributed by atoms with Crippen LogP contribution in [0.3, 0.4) is 0 Å². The van der Waals surface area contributed by atoms with Crippen LogP contribution in [0.2, 0.25) is 0 Å². The molecule has 0 aliphatic carbocycles. The molecule has 0 spiro atoms. The molecule has 0 radical (unpaired) electrons. The van der Waals surface area contributed by atoms with E-state index >= 15 is 0 Å². The monoisotopic (exact) mass is 324 g/mol. The highest BCUT2D eigenvalue weighted by Gasteiger charge is 2.08. The highest BCUT2D eigenvalue weighted by atomic mass is 32.1. The zero-order valence-corrected chi connectivity index (χ0v) is 13.7. The first-order valence-corrected chi connectivity index (χ1v) is 8.01. The number of rotatable bonds is 4. The predicted molar refractivity (Wildman–Crippen MR) is 92.9 cm³/mol. The van der Waals surface area contributed by atoms with Crippen molar-refractivity contribution in [1.82, 2.24) is 10.3 Å². The number of amides is 1. The highest BCUT2D eigenvalue weighted by Crippen LogP contribution is 2.29. The molecule has 0 saturated heterocycles. The van der Waals surface area contributed by atoms with E-state index in [-0.39, 0.29) is 5.91 Å². The zero-order chi connectivity index (χ0) is 16.2. The third-order valence-corrected chi connectivity index (χ3v) is 4.40. The van der Waals surface area contributed by atoms with E-state index in [1.54, 1.807) is 25.5 Å². The van der Waals surface area contributed by atoms with Crippen molar-refractivity contribution in [3.8, 4) is 27.6 Å². The van der Waals surface area contributed by atoms with Crippen molar-refractivity contribution in [2.45, 2.75) is 0 Å². The fraction of sp³-hybridized carbons (Fsp3) is 0.111. The van der Waals surface area contributed by atoms with Crippen LogP contribution in [-0.2, 0) is 0 Å². The predicted octanol–water partition coefficient (Wildman–Crippen LogP) is 3.85. The summed E-state index contributed by atoms with van der Waals surface area (Å²) in [5, 5.41) is 5.57. The van der Waals surface area contributed by atoms with Gasteiger partial charge in [-0.2, -0.15) is 0 Å². The maximum Gasteiger partial charge on any atom is 0.251 e. The number of ether oxygens (including phenoxy) is 1. The topological polar surface area (TPSA) is 51.2 Å². The van der Waals surface area contributed by atoms with Gasteiger partial charge in [-0.3, -0.25) is 4.79 Å². The van der Waals surface area contributed by atoms with E-state index in [1.165, 1.54) is 0 Å². The first-order valence-electron chi connectivity index (χ1n) is 7.13. The Kier molecular flexibility index (Phi) is 4.39. The van der Waals surface area contributed by atoms with Gasteiger partial charge in [0.05, 0.1) is 12.8 Å². The number of carbonyl (C=O) groups excluding carboxylic acids is 1. The Balaban J connectivity index is 1.84. The number of hydrogen-bond acceptors (Lipinski definition) is 4. The van der Waals surface area contributed by atoms with Gasteiger partial charge in [-0.05, 0) is 36.4 Å². The van der Waals surface area contributed by atoms with Gasteiger partial charge in [-0.1, -0.05) is 12.1 Å². The SMILES string of the molecule is CNC(=O)c1ccc(-c2nc(-c3ccc(OC)cc3)cs2)cc1. The van der Waals surface area contributed by atoms with E-state index in [1.807, 2.05) is 53.9 Å². The summed E-state index contributed by atoms with van der Waals surface area (Å²) in [5.41, 5.74) is 3.63. The van der Waals surface area contributed by atoms with Crippen molar-refractivity contribution in [3.63, 3.8) is 0 Å². The minimum atomic E-state index is -0.0883. The van der Waals surface area contributed by atoms with Gasteiger partial charge in [0.15, 0.2) is 0 Å². The van der Waals surface area contributed by atoms with Crippen LogP contribution >= 0.6 is 11.3 Å². The molecule has 0 atom stereocenters. The molecule has 0 unspecified atom stereocenters. The zero-order valence-electron chi connectivity index (χ0n) is 12.9. The first kappa shape index (κ1) is 15.2. The van der Waals surface area contributed by atoms with Gasteiger partial charge in [0.1, 0.15) is 10.8 Å². The second kappa shape index (κ2) is 6.62. The number of hydrogen-bond donors (Lipinski definition) is 1. The van der Waals surface area contributed by atoms with Crippen LogP contribution in [0.5, 0.6) is 5.75 Å². The molecule has 5 heteroatoms. The number of aromatic nitrogens is 1. The van der Waals surface area contributed by atoms with Gasteiger partial charge in [0.25, 0.3) is 5.91 Å². The Morgan fingerprint density at radius 1 is 1.04 bits per heavy atom. The molecule has 4 nitrogen and oxygen atoms in total. The summed E-state index contributed by atoms with van der Waals surface area (Å²) in [6, 6.07) is 15.3. The second-order valence-corrected chi connectivity index (χ2v) is 5.78. The van der Waals surface area contributed by atoms with Gasteiger partial charge in [0, 0.05) is 29.1 Å². The third-order valence-electron chi connectivity index (χ3n) is 3.51. The Morgan fingerprint density at radius 3 is 2.30 bits per heavy atom. The summed E-state index contributed by atoms with van der Waals surface area (Å²) >= 11 is 1.58. The van der Waals surface area contributed by atoms with Crippen molar-refractivity contribution < 1.29 is 9.53 Å². The average molecular weight is 324 g/mol. The van der Waals surface area contributed by atoms with Gasteiger partial charge in [-0.25, -0.2) is 4.98 Å². The normalized spacial score (nSPS) is 10.3. The van der Waals surface area contributed by atoms with Crippen molar-refractivity contribution >= 4 is 17.2 Å². The van der Waals surface area contributed by atoms with Crippen LogP contribution in [0.1, 0.15) is 10.4 Å². The molecule has 2 aromatic carbocycles. The van der Waals surface area contributed by atoms with Gasteiger partial charge in [-0.15, -0.1) is 11.3 Å². The number of nitrogens with zero attached hydrogens (tertiary/aromatic N) is 1. The first-order chi connectivity index (χ1) is 11.2. The van der Waals surface area contributed by atoms with Crippen LogP contribution in [0.4, 0.5) is 0 Å². The Labute approximate surface area is 138 Å². The molecular formula is C18H16N2O2S. The van der Waals surface area contributed by atoms with Crippen molar-refractivity contribution in [1.29, 1.82) is 0 Å². The van der Waals surface area contributed by atoms with Crippen molar-refractivity contribution in [2.24, 2.45) is 0 Å². The molecule has 0 saturated carbocycles. The molecule has 0 bridgehead atoms.